The highest BCUT2D eigenvalue weighted by molar-refractivity contribution is 5.78. The maximum Gasteiger partial charge on any atom is 0.224 e. The highest BCUT2D eigenvalue weighted by Gasteiger charge is 2.28. The summed E-state index contributed by atoms with van der Waals surface area (Å²) in [6.07, 6.45) is 0.963. The molecule has 1 saturated heterocycles. The molecule has 5 nitrogen and oxygen atoms in total. The number of carbonyl (C=O) groups excluding carboxylic acids is 1. The van der Waals surface area contributed by atoms with Gasteiger partial charge in [-0.3, -0.25) is 4.79 Å². The molecule has 0 aromatic carbocycles. The zero-order valence-corrected chi connectivity index (χ0v) is 9.80. The van der Waals surface area contributed by atoms with Crippen LogP contribution in [0, 0.1) is 0 Å². The van der Waals surface area contributed by atoms with E-state index in [1.54, 1.807) is 13.2 Å². The fraction of sp³-hybridized carbons (Fsp3) is 0.500. The Morgan fingerprint density at radius 1 is 1.59 bits per heavy atom. The minimum Gasteiger partial charge on any atom is -0.481 e. The lowest BCUT2D eigenvalue weighted by Crippen LogP contribution is -2.34. The van der Waals surface area contributed by atoms with E-state index in [0.717, 1.165) is 5.69 Å². The maximum absolute atomic E-state index is 11.4. The van der Waals surface area contributed by atoms with Gasteiger partial charge in [-0.15, -0.1) is 0 Å². The Labute approximate surface area is 100 Å². The third kappa shape index (κ3) is 2.74. The van der Waals surface area contributed by atoms with E-state index in [0.29, 0.717) is 31.7 Å². The first-order valence-corrected chi connectivity index (χ1v) is 5.68. The minimum atomic E-state index is -0.631. The number of aliphatic hydroxyl groups is 1. The van der Waals surface area contributed by atoms with Crippen molar-refractivity contribution in [3.8, 4) is 5.88 Å². The summed E-state index contributed by atoms with van der Waals surface area (Å²) in [6, 6.07) is 5.53. The molecule has 2 heterocycles. The molecule has 0 radical (unpaired) electrons. The van der Waals surface area contributed by atoms with Crippen molar-refractivity contribution in [2.24, 2.45) is 0 Å². The number of rotatable bonds is 4. The van der Waals surface area contributed by atoms with Gasteiger partial charge in [-0.1, -0.05) is 6.07 Å². The average molecular weight is 236 g/mol. The molecule has 2 rings (SSSR count). The molecule has 1 aliphatic rings. The van der Waals surface area contributed by atoms with Gasteiger partial charge in [0.25, 0.3) is 0 Å². The first kappa shape index (κ1) is 11.9. The first-order chi connectivity index (χ1) is 8.20. The zero-order valence-electron chi connectivity index (χ0n) is 9.80. The van der Waals surface area contributed by atoms with Crippen molar-refractivity contribution in [1.82, 2.24) is 9.88 Å². The highest BCUT2D eigenvalue weighted by atomic mass is 16.5. The third-order valence-electron chi connectivity index (χ3n) is 2.90. The van der Waals surface area contributed by atoms with Crippen LogP contribution < -0.4 is 4.74 Å². The molecule has 1 fully saturated rings. The number of ether oxygens (including phenoxy) is 1. The second-order valence-corrected chi connectivity index (χ2v) is 4.03. The number of pyridine rings is 1. The van der Waals surface area contributed by atoms with E-state index < -0.39 is 6.23 Å². The van der Waals surface area contributed by atoms with Crippen molar-refractivity contribution in [2.45, 2.75) is 25.5 Å². The summed E-state index contributed by atoms with van der Waals surface area (Å²) in [5.41, 5.74) is 0.858. The van der Waals surface area contributed by atoms with Crippen LogP contribution in [-0.4, -0.2) is 40.8 Å². The van der Waals surface area contributed by atoms with Gasteiger partial charge in [0.05, 0.1) is 7.11 Å². The van der Waals surface area contributed by atoms with E-state index >= 15 is 0 Å². The number of aliphatic hydroxyl groups excluding tert-OH is 1. The monoisotopic (exact) mass is 236 g/mol. The van der Waals surface area contributed by atoms with Gasteiger partial charge in [0.1, 0.15) is 6.23 Å². The molecule has 1 aromatic rings. The smallest absolute Gasteiger partial charge is 0.224 e. The standard InChI is InChI=1S/C12H16N2O3/c1-17-10-4-2-3-9(13-10)7-8-14-11(15)5-6-12(14)16/h2-4,11,15H,5-8H2,1H3. The Bertz CT molecular complexity index is 408. The Hall–Kier alpha value is -1.62. The van der Waals surface area contributed by atoms with Gasteiger partial charge in [0.2, 0.25) is 11.8 Å². The van der Waals surface area contributed by atoms with Gasteiger partial charge in [-0.2, -0.15) is 0 Å². The second-order valence-electron chi connectivity index (χ2n) is 4.03. The first-order valence-electron chi connectivity index (χ1n) is 5.68. The molecule has 5 heteroatoms. The molecule has 1 atom stereocenters. The van der Waals surface area contributed by atoms with Crippen molar-refractivity contribution in [3.63, 3.8) is 0 Å². The van der Waals surface area contributed by atoms with Gasteiger partial charge in [0.15, 0.2) is 0 Å². The quantitative estimate of drug-likeness (QED) is 0.830. The Balaban J connectivity index is 1.95. The predicted octanol–water partition coefficient (Wildman–Crippen LogP) is 0.573. The van der Waals surface area contributed by atoms with Crippen LogP contribution in [0.5, 0.6) is 5.88 Å². The van der Waals surface area contributed by atoms with Gasteiger partial charge in [0, 0.05) is 37.6 Å². The van der Waals surface area contributed by atoms with Crippen LogP contribution in [0.2, 0.25) is 0 Å². The number of nitrogens with zero attached hydrogens (tertiary/aromatic N) is 2. The van der Waals surface area contributed by atoms with Crippen LogP contribution in [0.3, 0.4) is 0 Å². The molecule has 0 bridgehead atoms. The third-order valence-corrected chi connectivity index (χ3v) is 2.90. The molecule has 1 unspecified atom stereocenters. The van der Waals surface area contributed by atoms with E-state index in [-0.39, 0.29) is 5.91 Å². The number of aromatic nitrogens is 1. The number of likely N-dealkylation sites (tertiary alicyclic amines) is 1. The molecule has 1 aromatic heterocycles. The number of methoxy groups -OCH3 is 1. The van der Waals surface area contributed by atoms with Crippen molar-refractivity contribution in [1.29, 1.82) is 0 Å². The fourth-order valence-corrected chi connectivity index (χ4v) is 1.94. The molecular formula is C12H16N2O3. The van der Waals surface area contributed by atoms with Gasteiger partial charge in [-0.05, 0) is 6.07 Å². The molecule has 0 spiro atoms. The zero-order chi connectivity index (χ0) is 12.3. The summed E-state index contributed by atoms with van der Waals surface area (Å²) in [5, 5.41) is 9.60. The van der Waals surface area contributed by atoms with Crippen molar-refractivity contribution < 1.29 is 14.6 Å². The van der Waals surface area contributed by atoms with E-state index in [9.17, 15) is 9.90 Å². The number of amides is 1. The summed E-state index contributed by atoms with van der Waals surface area (Å²) >= 11 is 0. The van der Waals surface area contributed by atoms with Crippen LogP contribution in [-0.2, 0) is 11.2 Å². The minimum absolute atomic E-state index is 0.0143. The Morgan fingerprint density at radius 3 is 3.06 bits per heavy atom. The summed E-state index contributed by atoms with van der Waals surface area (Å²) in [6.45, 7) is 0.500. The van der Waals surface area contributed by atoms with E-state index in [1.807, 2.05) is 12.1 Å². The van der Waals surface area contributed by atoms with E-state index in [2.05, 4.69) is 4.98 Å². The van der Waals surface area contributed by atoms with E-state index in [1.165, 1.54) is 4.90 Å². The van der Waals surface area contributed by atoms with Gasteiger partial charge in [-0.25, -0.2) is 4.98 Å². The van der Waals surface area contributed by atoms with E-state index in [4.69, 9.17) is 4.74 Å². The average Bonchev–Trinajstić information content (AvgIpc) is 2.67. The topological polar surface area (TPSA) is 62.7 Å². The van der Waals surface area contributed by atoms with Crippen LogP contribution in [0.1, 0.15) is 18.5 Å². The van der Waals surface area contributed by atoms with Gasteiger partial charge < -0.3 is 14.7 Å². The summed E-state index contributed by atoms with van der Waals surface area (Å²) in [5.74, 6) is 0.580. The largest absolute Gasteiger partial charge is 0.481 e. The Kier molecular flexibility index (Phi) is 3.58. The molecular weight excluding hydrogens is 220 g/mol. The Morgan fingerprint density at radius 2 is 2.41 bits per heavy atom. The molecule has 0 saturated carbocycles. The molecule has 1 aliphatic heterocycles. The summed E-state index contributed by atoms with van der Waals surface area (Å²) < 4.78 is 5.03. The van der Waals surface area contributed by atoms with Gasteiger partial charge >= 0.3 is 0 Å². The lowest BCUT2D eigenvalue weighted by atomic mass is 10.2. The maximum atomic E-state index is 11.4. The van der Waals surface area contributed by atoms with Crippen LogP contribution in [0.15, 0.2) is 18.2 Å². The molecule has 0 aliphatic carbocycles. The lowest BCUT2D eigenvalue weighted by molar-refractivity contribution is -0.133. The normalized spacial score (nSPS) is 19.8. The van der Waals surface area contributed by atoms with Crippen molar-refractivity contribution >= 4 is 5.91 Å². The van der Waals surface area contributed by atoms with Crippen molar-refractivity contribution in [2.75, 3.05) is 13.7 Å². The summed E-state index contributed by atoms with van der Waals surface area (Å²) in [4.78, 5) is 17.2. The molecule has 1 N–H and O–H groups in total. The molecule has 1 amide bonds. The van der Waals surface area contributed by atoms with Crippen molar-refractivity contribution in [3.05, 3.63) is 23.9 Å². The molecule has 17 heavy (non-hydrogen) atoms. The summed E-state index contributed by atoms with van der Waals surface area (Å²) in [7, 11) is 1.57. The van der Waals surface area contributed by atoms with Crippen LogP contribution in [0.25, 0.3) is 0 Å². The lowest BCUT2D eigenvalue weighted by Gasteiger charge is -2.19. The molecule has 92 valence electrons. The van der Waals surface area contributed by atoms with Crippen LogP contribution >= 0.6 is 0 Å². The second kappa shape index (κ2) is 5.14. The predicted molar refractivity (Wildman–Crippen MR) is 61.4 cm³/mol. The number of hydrogen-bond donors (Lipinski definition) is 1. The number of carbonyl (C=O) groups is 1. The fourth-order valence-electron chi connectivity index (χ4n) is 1.94. The SMILES string of the molecule is COc1cccc(CCN2C(=O)CCC2O)n1. The van der Waals surface area contributed by atoms with Crippen LogP contribution in [0.4, 0.5) is 0 Å². The number of hydrogen-bond acceptors (Lipinski definition) is 4. The highest BCUT2D eigenvalue weighted by Crippen LogP contribution is 2.17.